The van der Waals surface area contributed by atoms with Gasteiger partial charge in [0.05, 0.1) is 11.9 Å². The van der Waals surface area contributed by atoms with E-state index in [1.54, 1.807) is 4.31 Å². The van der Waals surface area contributed by atoms with Crippen LogP contribution in [0.15, 0.2) is 0 Å². The molecular formula is C16H31NO3S. The van der Waals surface area contributed by atoms with E-state index in [2.05, 4.69) is 13.8 Å². The van der Waals surface area contributed by atoms with Gasteiger partial charge in [-0.25, -0.2) is 8.42 Å². The van der Waals surface area contributed by atoms with Crippen molar-refractivity contribution in [3.8, 4) is 0 Å². The Bertz CT molecular complexity index is 402. The molecule has 1 aliphatic heterocycles. The molecule has 1 heterocycles. The van der Waals surface area contributed by atoms with Crippen molar-refractivity contribution in [3.63, 3.8) is 0 Å². The Morgan fingerprint density at radius 2 is 1.81 bits per heavy atom. The van der Waals surface area contributed by atoms with E-state index in [0.29, 0.717) is 30.7 Å². The minimum Gasteiger partial charge on any atom is -0.377 e. The first-order valence-electron chi connectivity index (χ1n) is 8.57. The van der Waals surface area contributed by atoms with Crippen molar-refractivity contribution < 1.29 is 13.2 Å². The van der Waals surface area contributed by atoms with Crippen molar-refractivity contribution in [3.05, 3.63) is 0 Å². The molecule has 0 aromatic heterocycles. The van der Waals surface area contributed by atoms with Gasteiger partial charge in [0.1, 0.15) is 0 Å². The lowest BCUT2D eigenvalue weighted by Crippen LogP contribution is -2.45. The summed E-state index contributed by atoms with van der Waals surface area (Å²) in [6.07, 6.45) is 7.82. The normalized spacial score (nSPS) is 26.3. The largest absolute Gasteiger partial charge is 0.377 e. The molecule has 1 saturated heterocycles. The molecule has 0 aromatic carbocycles. The molecule has 1 aliphatic carbocycles. The second-order valence-corrected chi connectivity index (χ2v) is 9.15. The lowest BCUT2D eigenvalue weighted by molar-refractivity contribution is 0.00547. The van der Waals surface area contributed by atoms with Crippen molar-refractivity contribution in [1.82, 2.24) is 4.31 Å². The zero-order chi connectivity index (χ0) is 15.3. The van der Waals surface area contributed by atoms with Gasteiger partial charge in [0.25, 0.3) is 0 Å². The van der Waals surface area contributed by atoms with Gasteiger partial charge in [-0.05, 0) is 37.5 Å². The van der Waals surface area contributed by atoms with E-state index >= 15 is 0 Å². The first-order valence-corrected chi connectivity index (χ1v) is 10.2. The minimum absolute atomic E-state index is 0.0854. The molecule has 0 aromatic rings. The maximum atomic E-state index is 12.6. The van der Waals surface area contributed by atoms with Gasteiger partial charge in [-0.3, -0.25) is 0 Å². The smallest absolute Gasteiger partial charge is 0.214 e. The second-order valence-electron chi connectivity index (χ2n) is 7.13. The first-order chi connectivity index (χ1) is 9.97. The van der Waals surface area contributed by atoms with Gasteiger partial charge >= 0.3 is 0 Å². The highest BCUT2D eigenvalue weighted by atomic mass is 32.2. The highest BCUT2D eigenvalue weighted by Gasteiger charge is 2.31. The van der Waals surface area contributed by atoms with E-state index < -0.39 is 10.0 Å². The molecule has 4 nitrogen and oxygen atoms in total. The molecule has 0 radical (unpaired) electrons. The number of sulfonamides is 1. The van der Waals surface area contributed by atoms with Crippen LogP contribution in [0.4, 0.5) is 0 Å². The van der Waals surface area contributed by atoms with Gasteiger partial charge in [-0.2, -0.15) is 4.31 Å². The number of rotatable bonds is 6. The fraction of sp³-hybridized carbons (Fsp3) is 1.00. The fourth-order valence-electron chi connectivity index (χ4n) is 3.38. The molecule has 1 atom stereocenters. The highest BCUT2D eigenvalue weighted by molar-refractivity contribution is 7.89. The Balaban J connectivity index is 1.86. The molecule has 5 heteroatoms. The summed E-state index contributed by atoms with van der Waals surface area (Å²) >= 11 is 0. The standard InChI is InChI=1S/C16H31NO3S/c1-14(2)12-20-16-9-6-10-17(11-16)21(18,19)13-15-7-4-3-5-8-15/h14-16H,3-13H2,1-2H3. The van der Waals surface area contributed by atoms with Crippen LogP contribution in [0.3, 0.4) is 0 Å². The maximum absolute atomic E-state index is 12.6. The van der Waals surface area contributed by atoms with Gasteiger partial charge in [-0.15, -0.1) is 0 Å². The van der Waals surface area contributed by atoms with Crippen molar-refractivity contribution in [2.45, 2.75) is 64.9 Å². The Hall–Kier alpha value is -0.130. The molecule has 0 amide bonds. The van der Waals surface area contributed by atoms with Gasteiger partial charge in [0, 0.05) is 19.7 Å². The summed E-state index contributed by atoms with van der Waals surface area (Å²) in [4.78, 5) is 0. The van der Waals surface area contributed by atoms with Crippen molar-refractivity contribution in [1.29, 1.82) is 0 Å². The van der Waals surface area contributed by atoms with Crippen LogP contribution >= 0.6 is 0 Å². The number of piperidine rings is 1. The number of nitrogens with zero attached hydrogens (tertiary/aromatic N) is 1. The van der Waals surface area contributed by atoms with Crippen LogP contribution in [0.1, 0.15) is 58.8 Å². The van der Waals surface area contributed by atoms with Crippen LogP contribution in [0.25, 0.3) is 0 Å². The molecule has 0 spiro atoms. The molecule has 2 aliphatic rings. The Morgan fingerprint density at radius 1 is 1.10 bits per heavy atom. The lowest BCUT2D eigenvalue weighted by Gasteiger charge is -2.33. The summed E-state index contributed by atoms with van der Waals surface area (Å²) in [6, 6.07) is 0. The molecule has 1 saturated carbocycles. The zero-order valence-electron chi connectivity index (χ0n) is 13.6. The van der Waals surface area contributed by atoms with E-state index in [9.17, 15) is 8.42 Å². The van der Waals surface area contributed by atoms with Crippen LogP contribution in [0.5, 0.6) is 0 Å². The van der Waals surface area contributed by atoms with Gasteiger partial charge in [0.2, 0.25) is 10.0 Å². The van der Waals surface area contributed by atoms with Crippen LogP contribution in [0, 0.1) is 11.8 Å². The number of ether oxygens (including phenoxy) is 1. The molecule has 1 unspecified atom stereocenters. The number of hydrogen-bond acceptors (Lipinski definition) is 3. The summed E-state index contributed by atoms with van der Waals surface area (Å²) in [5, 5.41) is 0. The summed E-state index contributed by atoms with van der Waals surface area (Å²) in [7, 11) is -3.10. The Morgan fingerprint density at radius 3 is 2.48 bits per heavy atom. The summed E-state index contributed by atoms with van der Waals surface area (Å²) in [6.45, 7) is 6.21. The highest BCUT2D eigenvalue weighted by Crippen LogP contribution is 2.27. The molecule has 2 rings (SSSR count). The Kier molecular flexibility index (Phi) is 6.51. The van der Waals surface area contributed by atoms with Gasteiger partial charge in [-0.1, -0.05) is 33.1 Å². The van der Waals surface area contributed by atoms with Gasteiger partial charge < -0.3 is 4.74 Å². The predicted molar refractivity (Wildman–Crippen MR) is 85.7 cm³/mol. The molecular weight excluding hydrogens is 286 g/mol. The van der Waals surface area contributed by atoms with E-state index in [4.69, 9.17) is 4.74 Å². The quantitative estimate of drug-likeness (QED) is 0.756. The SMILES string of the molecule is CC(C)COC1CCCN(S(=O)(=O)CC2CCCCC2)C1. The predicted octanol–water partition coefficient (Wildman–Crippen LogP) is 3.03. The first kappa shape index (κ1) is 17.2. The maximum Gasteiger partial charge on any atom is 0.214 e. The van der Waals surface area contributed by atoms with Crippen LogP contribution in [-0.2, 0) is 14.8 Å². The Labute approximate surface area is 130 Å². The minimum atomic E-state index is -3.10. The third kappa shape index (κ3) is 5.53. The van der Waals surface area contributed by atoms with Crippen molar-refractivity contribution in [2.75, 3.05) is 25.4 Å². The second kappa shape index (κ2) is 7.93. The zero-order valence-corrected chi connectivity index (χ0v) is 14.4. The molecule has 0 N–H and O–H groups in total. The lowest BCUT2D eigenvalue weighted by atomic mass is 9.91. The van der Waals surface area contributed by atoms with E-state index in [-0.39, 0.29) is 6.10 Å². The third-order valence-electron chi connectivity index (χ3n) is 4.57. The van der Waals surface area contributed by atoms with Crippen LogP contribution < -0.4 is 0 Å². The summed E-state index contributed by atoms with van der Waals surface area (Å²) in [5.74, 6) is 1.23. The third-order valence-corrected chi connectivity index (χ3v) is 6.58. The molecule has 0 bridgehead atoms. The summed E-state index contributed by atoms with van der Waals surface area (Å²) in [5.41, 5.74) is 0. The van der Waals surface area contributed by atoms with E-state index in [0.717, 1.165) is 32.3 Å². The average Bonchev–Trinajstić information content (AvgIpc) is 2.46. The van der Waals surface area contributed by atoms with E-state index in [1.165, 1.54) is 19.3 Å². The molecule has 124 valence electrons. The fourth-order valence-corrected chi connectivity index (χ4v) is 5.32. The monoisotopic (exact) mass is 317 g/mol. The summed E-state index contributed by atoms with van der Waals surface area (Å²) < 4.78 is 32.8. The van der Waals surface area contributed by atoms with Crippen LogP contribution in [-0.4, -0.2) is 44.3 Å². The van der Waals surface area contributed by atoms with Crippen molar-refractivity contribution >= 4 is 10.0 Å². The van der Waals surface area contributed by atoms with Crippen molar-refractivity contribution in [2.24, 2.45) is 11.8 Å². The van der Waals surface area contributed by atoms with Crippen LogP contribution in [0.2, 0.25) is 0 Å². The number of hydrogen-bond donors (Lipinski definition) is 0. The topological polar surface area (TPSA) is 46.6 Å². The van der Waals surface area contributed by atoms with Gasteiger partial charge in [0.15, 0.2) is 0 Å². The van der Waals surface area contributed by atoms with E-state index in [1.807, 2.05) is 0 Å². The molecule has 2 fully saturated rings. The average molecular weight is 317 g/mol. The molecule has 21 heavy (non-hydrogen) atoms.